The second kappa shape index (κ2) is 8.14. The number of hydrogen-bond donors (Lipinski definition) is 2. The Kier molecular flexibility index (Phi) is 7.84. The fourth-order valence-electron chi connectivity index (χ4n) is 1.85. The smallest absolute Gasteiger partial charge is 0.189 e. The van der Waals surface area contributed by atoms with Gasteiger partial charge in [-0.25, -0.2) is 13.4 Å². The molecule has 0 aliphatic rings. The van der Waals surface area contributed by atoms with Gasteiger partial charge in [-0.1, -0.05) is 17.7 Å². The van der Waals surface area contributed by atoms with Gasteiger partial charge in [0.25, 0.3) is 0 Å². The van der Waals surface area contributed by atoms with Crippen molar-refractivity contribution in [1.82, 2.24) is 5.32 Å². The molecule has 0 aliphatic carbocycles. The molecule has 1 unspecified atom stereocenters. The van der Waals surface area contributed by atoms with Crippen molar-refractivity contribution in [3.8, 4) is 0 Å². The third-order valence-corrected chi connectivity index (χ3v) is 4.61. The highest BCUT2D eigenvalue weighted by atomic mass is 127. The van der Waals surface area contributed by atoms with Gasteiger partial charge < -0.3 is 11.1 Å². The first-order valence-electron chi connectivity index (χ1n) is 6.90. The molecule has 0 fully saturated rings. The van der Waals surface area contributed by atoms with E-state index in [9.17, 15) is 8.42 Å². The second-order valence-corrected chi connectivity index (χ2v) is 8.37. The zero-order valence-electron chi connectivity index (χ0n) is 13.8. The number of rotatable bonds is 4. The topological polar surface area (TPSA) is 84.5 Å². The van der Waals surface area contributed by atoms with E-state index in [0.717, 1.165) is 5.56 Å². The molecule has 0 spiro atoms. The molecule has 1 aromatic carbocycles. The largest absolute Gasteiger partial charge is 0.370 e. The lowest BCUT2D eigenvalue weighted by atomic mass is 10.1. The Labute approximate surface area is 150 Å². The predicted molar refractivity (Wildman–Crippen MR) is 103 cm³/mol. The summed E-state index contributed by atoms with van der Waals surface area (Å²) >= 11 is 0. The zero-order valence-corrected chi connectivity index (χ0v) is 16.9. The maximum Gasteiger partial charge on any atom is 0.189 e. The van der Waals surface area contributed by atoms with E-state index in [-0.39, 0.29) is 41.2 Å². The van der Waals surface area contributed by atoms with E-state index < -0.39 is 15.9 Å². The maximum atomic E-state index is 12.3. The first-order chi connectivity index (χ1) is 9.49. The fourth-order valence-corrected chi connectivity index (χ4v) is 3.30. The SMILES string of the molecule is Cc1ccc(S(=O)(=O)CC(C)N=C(N)NC(C)(C)C)cc1.I. The van der Waals surface area contributed by atoms with Gasteiger partial charge in [-0.2, -0.15) is 0 Å². The minimum absolute atomic E-state index is 0. The van der Waals surface area contributed by atoms with Crippen molar-refractivity contribution >= 4 is 39.8 Å². The predicted octanol–water partition coefficient (Wildman–Crippen LogP) is 2.48. The molecule has 7 heteroatoms. The van der Waals surface area contributed by atoms with E-state index in [1.165, 1.54) is 0 Å². The lowest BCUT2D eigenvalue weighted by molar-refractivity contribution is 0.507. The van der Waals surface area contributed by atoms with Crippen molar-refractivity contribution in [3.63, 3.8) is 0 Å². The van der Waals surface area contributed by atoms with Crippen LogP contribution in [-0.2, 0) is 9.84 Å². The number of guanidine groups is 1. The number of sulfone groups is 1. The van der Waals surface area contributed by atoms with Crippen LogP contribution >= 0.6 is 24.0 Å². The Morgan fingerprint density at radius 3 is 2.23 bits per heavy atom. The molecule has 126 valence electrons. The number of nitrogens with zero attached hydrogens (tertiary/aromatic N) is 1. The summed E-state index contributed by atoms with van der Waals surface area (Å²) in [5.41, 5.74) is 6.60. The molecule has 0 saturated heterocycles. The standard InChI is InChI=1S/C15H25N3O2S.HI/c1-11-6-8-13(9-7-11)21(19,20)10-12(2)17-14(16)18-15(3,4)5;/h6-9,12H,10H2,1-5H3,(H3,16,17,18);1H. The fraction of sp³-hybridized carbons (Fsp3) is 0.533. The van der Waals surface area contributed by atoms with Crippen LogP contribution in [0.4, 0.5) is 0 Å². The van der Waals surface area contributed by atoms with Crippen LogP contribution in [0.1, 0.15) is 33.3 Å². The van der Waals surface area contributed by atoms with Crippen molar-refractivity contribution in [2.75, 3.05) is 5.75 Å². The lowest BCUT2D eigenvalue weighted by Crippen LogP contribution is -2.45. The Morgan fingerprint density at radius 2 is 1.77 bits per heavy atom. The number of nitrogens with one attached hydrogen (secondary N) is 1. The minimum atomic E-state index is -3.36. The van der Waals surface area contributed by atoms with E-state index in [1.807, 2.05) is 27.7 Å². The van der Waals surface area contributed by atoms with Crippen LogP contribution in [0.5, 0.6) is 0 Å². The molecular formula is C15H26IN3O2S. The zero-order chi connectivity index (χ0) is 16.3. The third kappa shape index (κ3) is 7.44. The van der Waals surface area contributed by atoms with Gasteiger partial charge in [-0.3, -0.25) is 0 Å². The maximum absolute atomic E-state index is 12.3. The van der Waals surface area contributed by atoms with Gasteiger partial charge in [-0.15, -0.1) is 24.0 Å². The van der Waals surface area contributed by atoms with E-state index in [4.69, 9.17) is 5.73 Å². The first kappa shape index (κ1) is 21.2. The average molecular weight is 439 g/mol. The Bertz CT molecular complexity index is 605. The molecule has 3 N–H and O–H groups in total. The molecule has 0 radical (unpaired) electrons. The summed E-state index contributed by atoms with van der Waals surface area (Å²) in [6, 6.07) is 6.41. The minimum Gasteiger partial charge on any atom is -0.370 e. The van der Waals surface area contributed by atoms with E-state index in [0.29, 0.717) is 4.90 Å². The average Bonchev–Trinajstić information content (AvgIpc) is 2.25. The molecule has 1 rings (SSSR count). The second-order valence-electron chi connectivity index (χ2n) is 6.33. The summed E-state index contributed by atoms with van der Waals surface area (Å²) in [4.78, 5) is 4.51. The summed E-state index contributed by atoms with van der Waals surface area (Å²) in [6.07, 6.45) is 0. The molecule has 0 bridgehead atoms. The Hall–Kier alpha value is -0.830. The highest BCUT2D eigenvalue weighted by Crippen LogP contribution is 2.14. The summed E-state index contributed by atoms with van der Waals surface area (Å²) in [6.45, 7) is 9.54. The van der Waals surface area contributed by atoms with Gasteiger partial charge in [0.15, 0.2) is 15.8 Å². The van der Waals surface area contributed by atoms with Gasteiger partial charge in [0.2, 0.25) is 0 Å². The number of hydrogen-bond acceptors (Lipinski definition) is 3. The highest BCUT2D eigenvalue weighted by molar-refractivity contribution is 14.0. The van der Waals surface area contributed by atoms with Gasteiger partial charge in [0.05, 0.1) is 16.7 Å². The molecule has 0 aliphatic heterocycles. The first-order valence-corrected chi connectivity index (χ1v) is 8.56. The van der Waals surface area contributed by atoms with Crippen LogP contribution < -0.4 is 11.1 Å². The van der Waals surface area contributed by atoms with Crippen LogP contribution in [0.15, 0.2) is 34.2 Å². The summed E-state index contributed by atoms with van der Waals surface area (Å²) < 4.78 is 24.6. The van der Waals surface area contributed by atoms with Crippen molar-refractivity contribution in [1.29, 1.82) is 0 Å². The van der Waals surface area contributed by atoms with E-state index >= 15 is 0 Å². The normalized spacial score (nSPS) is 14.1. The summed E-state index contributed by atoms with van der Waals surface area (Å²) in [5, 5.41) is 3.02. The van der Waals surface area contributed by atoms with Crippen LogP contribution in [0, 0.1) is 6.92 Å². The van der Waals surface area contributed by atoms with Crippen molar-refractivity contribution in [2.24, 2.45) is 10.7 Å². The Morgan fingerprint density at radius 1 is 1.27 bits per heavy atom. The van der Waals surface area contributed by atoms with Crippen molar-refractivity contribution in [3.05, 3.63) is 29.8 Å². The van der Waals surface area contributed by atoms with Crippen LogP contribution in [-0.4, -0.2) is 31.7 Å². The Balaban J connectivity index is 0.00000441. The number of aliphatic imine (C=N–C) groups is 1. The van der Waals surface area contributed by atoms with Crippen LogP contribution in [0.3, 0.4) is 0 Å². The molecule has 1 aromatic rings. The molecule has 1 atom stereocenters. The van der Waals surface area contributed by atoms with Crippen LogP contribution in [0.2, 0.25) is 0 Å². The lowest BCUT2D eigenvalue weighted by Gasteiger charge is -2.21. The molecule has 0 amide bonds. The van der Waals surface area contributed by atoms with E-state index in [2.05, 4.69) is 10.3 Å². The van der Waals surface area contributed by atoms with E-state index in [1.54, 1.807) is 31.2 Å². The van der Waals surface area contributed by atoms with Crippen molar-refractivity contribution < 1.29 is 8.42 Å². The van der Waals surface area contributed by atoms with Crippen LogP contribution in [0.25, 0.3) is 0 Å². The molecule has 0 heterocycles. The molecule has 5 nitrogen and oxygen atoms in total. The van der Waals surface area contributed by atoms with Gasteiger partial charge in [0, 0.05) is 5.54 Å². The molecule has 22 heavy (non-hydrogen) atoms. The van der Waals surface area contributed by atoms with Crippen molar-refractivity contribution in [2.45, 2.75) is 51.1 Å². The quantitative estimate of drug-likeness (QED) is 0.429. The van der Waals surface area contributed by atoms with Gasteiger partial charge >= 0.3 is 0 Å². The monoisotopic (exact) mass is 439 g/mol. The third-order valence-electron chi connectivity index (χ3n) is 2.70. The molecule has 0 aromatic heterocycles. The summed E-state index contributed by atoms with van der Waals surface area (Å²) in [5.74, 6) is 0.192. The number of halogens is 1. The summed E-state index contributed by atoms with van der Waals surface area (Å²) in [7, 11) is -3.36. The van der Waals surface area contributed by atoms with Gasteiger partial charge in [-0.05, 0) is 46.8 Å². The van der Waals surface area contributed by atoms with Gasteiger partial charge in [0.1, 0.15) is 0 Å². The molecule has 0 saturated carbocycles. The number of nitrogens with two attached hydrogens (primary N) is 1. The highest BCUT2D eigenvalue weighted by Gasteiger charge is 2.19. The number of benzene rings is 1. The number of aryl methyl sites for hydroxylation is 1. The molecular weight excluding hydrogens is 413 g/mol.